The molecule has 0 radical (unpaired) electrons. The Labute approximate surface area is 141 Å². The number of rotatable bonds is 5. The van der Waals surface area contributed by atoms with E-state index in [-0.39, 0.29) is 17.6 Å². The minimum Gasteiger partial charge on any atom is -0.337 e. The number of nitriles is 1. The fourth-order valence-electron chi connectivity index (χ4n) is 2.16. The van der Waals surface area contributed by atoms with Crippen LogP contribution in [0.3, 0.4) is 0 Å². The van der Waals surface area contributed by atoms with Gasteiger partial charge in [-0.25, -0.2) is 4.98 Å². The van der Waals surface area contributed by atoms with E-state index in [4.69, 9.17) is 0 Å². The van der Waals surface area contributed by atoms with Gasteiger partial charge in [-0.2, -0.15) is 5.26 Å². The zero-order valence-corrected chi connectivity index (χ0v) is 14.7. The van der Waals surface area contributed by atoms with E-state index in [1.54, 1.807) is 6.92 Å². The highest BCUT2D eigenvalue weighted by Crippen LogP contribution is 2.24. The molecule has 4 nitrogen and oxygen atoms in total. The minimum atomic E-state index is -0.843. The summed E-state index contributed by atoms with van der Waals surface area (Å²) in [6.45, 7) is 7.63. The second kappa shape index (κ2) is 7.01. The maximum absolute atomic E-state index is 12.1. The van der Waals surface area contributed by atoms with Crippen LogP contribution in [0.4, 0.5) is 0 Å². The van der Waals surface area contributed by atoms with E-state index in [0.29, 0.717) is 0 Å². The van der Waals surface area contributed by atoms with Crippen LogP contribution in [0.1, 0.15) is 26.3 Å². The number of aryl methyl sites for hydroxylation is 1. The number of amides is 1. The SMILES string of the molecule is Cc1cc(SCC(=O)NC(C)(C#N)C(C)C)nc2ccccc12. The molecule has 1 amide bonds. The number of hydrogen-bond donors (Lipinski definition) is 1. The molecule has 1 aromatic carbocycles. The smallest absolute Gasteiger partial charge is 0.231 e. The number of thioether (sulfide) groups is 1. The summed E-state index contributed by atoms with van der Waals surface area (Å²) in [6.07, 6.45) is 0. The average Bonchev–Trinajstić information content (AvgIpc) is 2.52. The van der Waals surface area contributed by atoms with Gasteiger partial charge >= 0.3 is 0 Å². The van der Waals surface area contributed by atoms with Crippen LogP contribution in [0.2, 0.25) is 0 Å². The number of aromatic nitrogens is 1. The molecule has 23 heavy (non-hydrogen) atoms. The summed E-state index contributed by atoms with van der Waals surface area (Å²) in [6, 6.07) is 12.1. The molecule has 0 saturated heterocycles. The molecule has 2 aromatic rings. The highest BCUT2D eigenvalue weighted by atomic mass is 32.2. The third-order valence-electron chi connectivity index (χ3n) is 4.04. The first-order chi connectivity index (χ1) is 10.9. The van der Waals surface area contributed by atoms with Crippen molar-refractivity contribution >= 4 is 28.6 Å². The standard InChI is InChI=1S/C18H21N3OS/c1-12(2)18(4,11-19)21-16(22)10-23-17-9-13(3)14-7-5-6-8-15(14)20-17/h5-9,12H,10H2,1-4H3,(H,21,22). The number of carbonyl (C=O) groups excluding carboxylic acids is 1. The Balaban J connectivity index is 2.07. The zero-order chi connectivity index (χ0) is 17.0. The Kier molecular flexibility index (Phi) is 5.27. The van der Waals surface area contributed by atoms with E-state index in [1.165, 1.54) is 11.8 Å². The number of carbonyl (C=O) groups is 1. The molecule has 0 aliphatic rings. The van der Waals surface area contributed by atoms with E-state index in [1.807, 2.05) is 51.1 Å². The van der Waals surface area contributed by atoms with E-state index in [2.05, 4.69) is 16.4 Å². The van der Waals surface area contributed by atoms with Crippen LogP contribution < -0.4 is 5.32 Å². The Morgan fingerprint density at radius 2 is 2.13 bits per heavy atom. The van der Waals surface area contributed by atoms with Crippen molar-refractivity contribution in [1.29, 1.82) is 5.26 Å². The van der Waals surface area contributed by atoms with Crippen molar-refractivity contribution in [3.63, 3.8) is 0 Å². The Bertz CT molecular complexity index is 766. The monoisotopic (exact) mass is 327 g/mol. The van der Waals surface area contributed by atoms with Crippen LogP contribution in [0.5, 0.6) is 0 Å². The number of nitrogens with zero attached hydrogens (tertiary/aromatic N) is 2. The van der Waals surface area contributed by atoms with Crippen molar-refractivity contribution in [1.82, 2.24) is 10.3 Å². The summed E-state index contributed by atoms with van der Waals surface area (Å²) in [5.74, 6) is 0.136. The lowest BCUT2D eigenvalue weighted by Gasteiger charge is -2.27. The molecular formula is C18H21N3OS. The molecule has 0 aliphatic carbocycles. The van der Waals surface area contributed by atoms with Crippen molar-refractivity contribution < 1.29 is 4.79 Å². The van der Waals surface area contributed by atoms with Crippen molar-refractivity contribution in [3.8, 4) is 6.07 Å². The van der Waals surface area contributed by atoms with Gasteiger partial charge in [-0.05, 0) is 37.5 Å². The number of para-hydroxylation sites is 1. The summed E-state index contributed by atoms with van der Waals surface area (Å²) in [5.41, 5.74) is 1.23. The quantitative estimate of drug-likeness (QED) is 0.851. The summed E-state index contributed by atoms with van der Waals surface area (Å²) >= 11 is 1.39. The topological polar surface area (TPSA) is 65.8 Å². The van der Waals surface area contributed by atoms with Crippen LogP contribution >= 0.6 is 11.8 Å². The molecule has 1 heterocycles. The second-order valence-corrected chi connectivity index (χ2v) is 7.10. The van der Waals surface area contributed by atoms with Gasteiger partial charge in [-0.3, -0.25) is 4.79 Å². The first-order valence-electron chi connectivity index (χ1n) is 7.57. The zero-order valence-electron chi connectivity index (χ0n) is 13.9. The fraction of sp³-hybridized carbons (Fsp3) is 0.389. The summed E-state index contributed by atoms with van der Waals surface area (Å²) in [7, 11) is 0. The van der Waals surface area contributed by atoms with E-state index in [0.717, 1.165) is 21.5 Å². The maximum atomic E-state index is 12.1. The van der Waals surface area contributed by atoms with Gasteiger partial charge in [0.05, 0.1) is 22.4 Å². The molecule has 0 bridgehead atoms. The first kappa shape index (κ1) is 17.3. The molecule has 2 rings (SSSR count). The average molecular weight is 327 g/mol. The lowest BCUT2D eigenvalue weighted by Crippen LogP contribution is -2.49. The maximum Gasteiger partial charge on any atom is 0.231 e. The molecule has 1 N–H and O–H groups in total. The van der Waals surface area contributed by atoms with E-state index >= 15 is 0 Å². The molecule has 1 atom stereocenters. The fourth-order valence-corrected chi connectivity index (χ4v) is 2.93. The summed E-state index contributed by atoms with van der Waals surface area (Å²) < 4.78 is 0. The molecule has 120 valence electrons. The predicted octanol–water partition coefficient (Wildman–Crippen LogP) is 3.69. The lowest BCUT2D eigenvalue weighted by atomic mass is 9.90. The molecule has 0 fully saturated rings. The number of benzene rings is 1. The Morgan fingerprint density at radius 1 is 1.43 bits per heavy atom. The van der Waals surface area contributed by atoms with Gasteiger partial charge in [0, 0.05) is 5.39 Å². The van der Waals surface area contributed by atoms with Crippen molar-refractivity contribution in [2.24, 2.45) is 5.92 Å². The van der Waals surface area contributed by atoms with Gasteiger partial charge in [-0.1, -0.05) is 43.8 Å². The van der Waals surface area contributed by atoms with Crippen molar-refractivity contribution in [2.45, 2.75) is 38.3 Å². The van der Waals surface area contributed by atoms with Gasteiger partial charge in [0.2, 0.25) is 5.91 Å². The summed E-state index contributed by atoms with van der Waals surface area (Å²) in [5, 5.41) is 14.0. The molecule has 0 spiro atoms. The summed E-state index contributed by atoms with van der Waals surface area (Å²) in [4.78, 5) is 16.7. The van der Waals surface area contributed by atoms with Crippen LogP contribution in [0, 0.1) is 24.2 Å². The van der Waals surface area contributed by atoms with Crippen LogP contribution in [0.25, 0.3) is 10.9 Å². The molecule has 1 aromatic heterocycles. The van der Waals surface area contributed by atoms with Crippen LogP contribution in [0.15, 0.2) is 35.4 Å². The number of hydrogen-bond acceptors (Lipinski definition) is 4. The van der Waals surface area contributed by atoms with E-state index in [9.17, 15) is 10.1 Å². The number of fused-ring (bicyclic) bond motifs is 1. The van der Waals surface area contributed by atoms with Crippen molar-refractivity contribution in [3.05, 3.63) is 35.9 Å². The number of nitrogens with one attached hydrogen (secondary N) is 1. The van der Waals surface area contributed by atoms with Crippen molar-refractivity contribution in [2.75, 3.05) is 5.75 Å². The molecule has 0 saturated carbocycles. The molecule has 5 heteroatoms. The van der Waals surface area contributed by atoms with Gasteiger partial charge in [0.15, 0.2) is 0 Å². The largest absolute Gasteiger partial charge is 0.337 e. The third kappa shape index (κ3) is 4.02. The van der Waals surface area contributed by atoms with Gasteiger partial charge in [0.25, 0.3) is 0 Å². The molecule has 1 unspecified atom stereocenters. The molecule has 0 aliphatic heterocycles. The highest BCUT2D eigenvalue weighted by molar-refractivity contribution is 7.99. The first-order valence-corrected chi connectivity index (χ1v) is 8.55. The lowest BCUT2D eigenvalue weighted by molar-refractivity contribution is -0.120. The van der Waals surface area contributed by atoms with Crippen LogP contribution in [-0.4, -0.2) is 22.2 Å². The Morgan fingerprint density at radius 3 is 2.78 bits per heavy atom. The number of pyridine rings is 1. The second-order valence-electron chi connectivity index (χ2n) is 6.10. The normalized spacial score (nSPS) is 13.6. The van der Waals surface area contributed by atoms with Crippen LogP contribution in [-0.2, 0) is 4.79 Å². The van der Waals surface area contributed by atoms with Gasteiger partial charge in [0.1, 0.15) is 5.54 Å². The van der Waals surface area contributed by atoms with E-state index < -0.39 is 5.54 Å². The van der Waals surface area contributed by atoms with Gasteiger partial charge < -0.3 is 5.32 Å². The Hall–Kier alpha value is -2.06. The predicted molar refractivity (Wildman–Crippen MR) is 94.2 cm³/mol. The van der Waals surface area contributed by atoms with Gasteiger partial charge in [-0.15, -0.1) is 0 Å². The minimum absolute atomic E-state index is 0.0440. The molecular weight excluding hydrogens is 306 g/mol. The third-order valence-corrected chi connectivity index (χ3v) is 4.95. The highest BCUT2D eigenvalue weighted by Gasteiger charge is 2.29.